The first-order chi connectivity index (χ1) is 9.00. The molecule has 1 atom stereocenters. The van der Waals surface area contributed by atoms with Gasteiger partial charge in [-0.15, -0.1) is 0 Å². The zero-order valence-electron chi connectivity index (χ0n) is 12.2. The Balaban J connectivity index is 2.72. The highest BCUT2D eigenvalue weighted by atomic mass is 35.5. The van der Waals surface area contributed by atoms with Gasteiger partial charge in [-0.05, 0) is 48.9 Å². The lowest BCUT2D eigenvalue weighted by Crippen LogP contribution is -2.34. The molecule has 0 bridgehead atoms. The molecule has 0 radical (unpaired) electrons. The van der Waals surface area contributed by atoms with Crippen LogP contribution in [0.3, 0.4) is 0 Å². The lowest BCUT2D eigenvalue weighted by molar-refractivity contribution is 0.275. The minimum Gasteiger partial charge on any atom is -0.316 e. The predicted octanol–water partition coefficient (Wildman–Crippen LogP) is 4.83. The largest absolute Gasteiger partial charge is 0.316 e. The van der Waals surface area contributed by atoms with Crippen molar-refractivity contribution in [2.75, 3.05) is 13.1 Å². The molecule has 0 saturated carbocycles. The van der Waals surface area contributed by atoms with Crippen LogP contribution in [-0.4, -0.2) is 13.1 Å². The summed E-state index contributed by atoms with van der Waals surface area (Å²) in [4.78, 5) is 0. The molecule has 0 saturated heterocycles. The zero-order chi connectivity index (χ0) is 14.3. The third-order valence-corrected chi connectivity index (χ3v) is 3.74. The normalized spacial score (nSPS) is 14.4. The number of nitrogens with one attached hydrogen (secondary N) is 1. The minimum absolute atomic E-state index is 0.199. The summed E-state index contributed by atoms with van der Waals surface area (Å²) in [6.07, 6.45) is 4.38. The molecule has 0 spiro atoms. The molecule has 1 aromatic rings. The molecule has 3 heteroatoms. The SMILES string of the molecule is CCCNCC(C)(CCC)Cc1ccc(F)c(Cl)c1. The summed E-state index contributed by atoms with van der Waals surface area (Å²) >= 11 is 5.86. The van der Waals surface area contributed by atoms with Crippen molar-refractivity contribution in [3.05, 3.63) is 34.6 Å². The van der Waals surface area contributed by atoms with Crippen LogP contribution in [-0.2, 0) is 6.42 Å². The van der Waals surface area contributed by atoms with Crippen molar-refractivity contribution in [2.45, 2.75) is 46.5 Å². The van der Waals surface area contributed by atoms with E-state index in [0.29, 0.717) is 0 Å². The van der Waals surface area contributed by atoms with Crippen LogP contribution in [0.4, 0.5) is 4.39 Å². The fraction of sp³-hybridized carbons (Fsp3) is 0.625. The van der Waals surface area contributed by atoms with Crippen LogP contribution >= 0.6 is 11.6 Å². The van der Waals surface area contributed by atoms with Crippen molar-refractivity contribution in [2.24, 2.45) is 5.41 Å². The first-order valence-corrected chi connectivity index (χ1v) is 7.53. The quantitative estimate of drug-likeness (QED) is 0.675. The van der Waals surface area contributed by atoms with Gasteiger partial charge in [-0.25, -0.2) is 4.39 Å². The standard InChI is InChI=1S/C16H25ClFN/c1-4-8-16(3,12-19-9-5-2)11-13-6-7-15(18)14(17)10-13/h6-7,10,19H,4-5,8-9,11-12H2,1-3H3. The van der Waals surface area contributed by atoms with Gasteiger partial charge in [0.05, 0.1) is 5.02 Å². The van der Waals surface area contributed by atoms with E-state index < -0.39 is 0 Å². The third-order valence-electron chi connectivity index (χ3n) is 3.45. The second-order valence-corrected chi connectivity index (χ2v) is 6.07. The van der Waals surface area contributed by atoms with Gasteiger partial charge < -0.3 is 5.32 Å². The highest BCUT2D eigenvalue weighted by Gasteiger charge is 2.23. The van der Waals surface area contributed by atoms with E-state index in [1.807, 2.05) is 6.07 Å². The Morgan fingerprint density at radius 2 is 2.00 bits per heavy atom. The molecule has 0 aliphatic rings. The van der Waals surface area contributed by atoms with E-state index in [1.165, 1.54) is 6.07 Å². The van der Waals surface area contributed by atoms with Crippen LogP contribution in [0.25, 0.3) is 0 Å². The van der Waals surface area contributed by atoms with Crippen LogP contribution in [0, 0.1) is 11.2 Å². The number of benzene rings is 1. The summed E-state index contributed by atoms with van der Waals surface area (Å²) in [6, 6.07) is 5.06. The molecule has 19 heavy (non-hydrogen) atoms. The van der Waals surface area contributed by atoms with E-state index in [-0.39, 0.29) is 16.3 Å². The van der Waals surface area contributed by atoms with Crippen LogP contribution in [0.1, 0.15) is 45.6 Å². The Bertz CT molecular complexity index is 394. The van der Waals surface area contributed by atoms with Crippen molar-refractivity contribution in [1.29, 1.82) is 0 Å². The van der Waals surface area contributed by atoms with Crippen molar-refractivity contribution >= 4 is 11.6 Å². The summed E-state index contributed by atoms with van der Waals surface area (Å²) in [7, 11) is 0. The van der Waals surface area contributed by atoms with Gasteiger partial charge in [0.25, 0.3) is 0 Å². The van der Waals surface area contributed by atoms with Crippen LogP contribution in [0.2, 0.25) is 5.02 Å². The fourth-order valence-corrected chi connectivity index (χ4v) is 2.76. The first kappa shape index (κ1) is 16.5. The molecule has 1 aromatic carbocycles. The van der Waals surface area contributed by atoms with Gasteiger partial charge in [-0.2, -0.15) is 0 Å². The topological polar surface area (TPSA) is 12.0 Å². The average molecular weight is 286 g/mol. The molecule has 0 heterocycles. The molecule has 108 valence electrons. The maximum atomic E-state index is 13.2. The van der Waals surface area contributed by atoms with Gasteiger partial charge in [-0.1, -0.05) is 44.9 Å². The van der Waals surface area contributed by atoms with E-state index in [9.17, 15) is 4.39 Å². The second kappa shape index (κ2) is 7.86. The zero-order valence-corrected chi connectivity index (χ0v) is 13.0. The Morgan fingerprint density at radius 3 is 2.58 bits per heavy atom. The number of rotatable bonds is 8. The summed E-state index contributed by atoms with van der Waals surface area (Å²) in [6.45, 7) is 8.70. The monoisotopic (exact) mass is 285 g/mol. The molecule has 1 unspecified atom stereocenters. The first-order valence-electron chi connectivity index (χ1n) is 7.15. The van der Waals surface area contributed by atoms with E-state index in [0.717, 1.165) is 44.3 Å². The minimum atomic E-state index is -0.341. The summed E-state index contributed by atoms with van der Waals surface area (Å²) in [5, 5.41) is 3.72. The van der Waals surface area contributed by atoms with Crippen molar-refractivity contribution in [3.63, 3.8) is 0 Å². The van der Waals surface area contributed by atoms with Crippen molar-refractivity contribution in [1.82, 2.24) is 5.32 Å². The van der Waals surface area contributed by atoms with Gasteiger partial charge in [0.15, 0.2) is 0 Å². The molecule has 1 N–H and O–H groups in total. The molecule has 0 aliphatic heterocycles. The lowest BCUT2D eigenvalue weighted by atomic mass is 9.79. The number of halogens is 2. The molecular formula is C16H25ClFN. The van der Waals surface area contributed by atoms with Crippen molar-refractivity contribution in [3.8, 4) is 0 Å². The Hall–Kier alpha value is -0.600. The molecule has 0 aliphatic carbocycles. The highest BCUT2D eigenvalue weighted by Crippen LogP contribution is 2.29. The molecule has 0 fully saturated rings. The summed E-state index contributed by atoms with van der Waals surface area (Å²) < 4.78 is 13.2. The summed E-state index contributed by atoms with van der Waals surface area (Å²) in [5.41, 5.74) is 1.31. The molecule has 1 nitrogen and oxygen atoms in total. The Kier molecular flexibility index (Phi) is 6.81. The van der Waals surface area contributed by atoms with Gasteiger partial charge in [-0.3, -0.25) is 0 Å². The number of hydrogen-bond donors (Lipinski definition) is 1. The van der Waals surface area contributed by atoms with Gasteiger partial charge >= 0.3 is 0 Å². The third kappa shape index (κ3) is 5.50. The predicted molar refractivity (Wildman–Crippen MR) is 81.3 cm³/mol. The smallest absolute Gasteiger partial charge is 0.141 e. The average Bonchev–Trinajstić information content (AvgIpc) is 2.34. The van der Waals surface area contributed by atoms with Gasteiger partial charge in [0.1, 0.15) is 5.82 Å². The lowest BCUT2D eigenvalue weighted by Gasteiger charge is -2.30. The van der Waals surface area contributed by atoms with Gasteiger partial charge in [0.2, 0.25) is 0 Å². The van der Waals surface area contributed by atoms with E-state index in [1.54, 1.807) is 6.07 Å². The molecule has 0 amide bonds. The maximum absolute atomic E-state index is 13.2. The van der Waals surface area contributed by atoms with Gasteiger partial charge in [0, 0.05) is 6.54 Å². The van der Waals surface area contributed by atoms with E-state index in [2.05, 4.69) is 26.1 Å². The van der Waals surface area contributed by atoms with E-state index in [4.69, 9.17) is 11.6 Å². The Morgan fingerprint density at radius 1 is 1.26 bits per heavy atom. The highest BCUT2D eigenvalue weighted by molar-refractivity contribution is 6.30. The maximum Gasteiger partial charge on any atom is 0.141 e. The molecule has 1 rings (SSSR count). The Labute approximate surface area is 121 Å². The van der Waals surface area contributed by atoms with Crippen molar-refractivity contribution < 1.29 is 4.39 Å². The second-order valence-electron chi connectivity index (χ2n) is 5.66. The van der Waals surface area contributed by atoms with E-state index >= 15 is 0 Å². The van der Waals surface area contributed by atoms with Crippen LogP contribution in [0.15, 0.2) is 18.2 Å². The molecular weight excluding hydrogens is 261 g/mol. The summed E-state index contributed by atoms with van der Waals surface area (Å²) in [5.74, 6) is -0.341. The van der Waals surface area contributed by atoms with Crippen LogP contribution < -0.4 is 5.32 Å². The fourth-order valence-electron chi connectivity index (χ4n) is 2.55. The molecule has 0 aromatic heterocycles. The van der Waals surface area contributed by atoms with Crippen LogP contribution in [0.5, 0.6) is 0 Å². The number of hydrogen-bond acceptors (Lipinski definition) is 1.